The Morgan fingerprint density at radius 3 is 1.85 bits per heavy atom. The van der Waals surface area contributed by atoms with E-state index in [-0.39, 0.29) is 5.41 Å². The van der Waals surface area contributed by atoms with Crippen molar-refractivity contribution in [2.24, 2.45) is 0 Å². The van der Waals surface area contributed by atoms with Crippen molar-refractivity contribution in [2.45, 2.75) is 77.4 Å². The number of benzene rings is 3. The lowest BCUT2D eigenvalue weighted by Gasteiger charge is -2.34. The molecule has 3 aromatic rings. The average Bonchev–Trinajstić information content (AvgIpc) is 3.04. The van der Waals surface area contributed by atoms with Crippen molar-refractivity contribution in [1.29, 1.82) is 0 Å². The second-order valence-electron chi connectivity index (χ2n) is 10.7. The first-order chi connectivity index (χ1) is 15.7. The molecule has 0 nitrogen and oxygen atoms in total. The van der Waals surface area contributed by atoms with E-state index in [1.54, 1.807) is 6.07 Å². The van der Waals surface area contributed by atoms with Gasteiger partial charge in [0, 0.05) is 17.0 Å². The largest absolute Gasteiger partial charge is 0.207 e. The van der Waals surface area contributed by atoms with Gasteiger partial charge >= 0.3 is 0 Å². The summed E-state index contributed by atoms with van der Waals surface area (Å²) in [5, 5.41) is 1.50. The summed E-state index contributed by atoms with van der Waals surface area (Å²) in [7, 11) is -1.47. The lowest BCUT2D eigenvalue weighted by Crippen LogP contribution is -2.38. The highest BCUT2D eigenvalue weighted by atomic mass is 28.3. The first-order valence-electron chi connectivity index (χ1n) is 12.5. The summed E-state index contributed by atoms with van der Waals surface area (Å²) in [5.74, 6) is -1.04. The average molecular weight is 463 g/mol. The lowest BCUT2D eigenvalue weighted by molar-refractivity contribution is 0.415. The van der Waals surface area contributed by atoms with Crippen LogP contribution in [0.25, 0.3) is 22.3 Å². The maximum absolute atomic E-state index is 14.7. The van der Waals surface area contributed by atoms with Crippen LogP contribution in [0.15, 0.2) is 54.6 Å². The van der Waals surface area contributed by atoms with Crippen molar-refractivity contribution in [2.75, 3.05) is 0 Å². The fraction of sp³-hybridized carbons (Fsp3) is 0.400. The molecule has 0 heterocycles. The van der Waals surface area contributed by atoms with Gasteiger partial charge < -0.3 is 0 Å². The van der Waals surface area contributed by atoms with Gasteiger partial charge in [-0.05, 0) is 58.9 Å². The van der Waals surface area contributed by atoms with Gasteiger partial charge in [-0.15, -0.1) is 0 Å². The van der Waals surface area contributed by atoms with Crippen LogP contribution in [-0.2, 0) is 5.41 Å². The van der Waals surface area contributed by atoms with Gasteiger partial charge in [-0.3, -0.25) is 0 Å². The number of rotatable bonds is 8. The third-order valence-electron chi connectivity index (χ3n) is 7.38. The minimum absolute atomic E-state index is 0.0428. The quantitative estimate of drug-likeness (QED) is 0.293. The summed E-state index contributed by atoms with van der Waals surface area (Å²) in [4.78, 5) is 0. The maximum Gasteiger partial charge on any atom is 0.133 e. The molecule has 0 aromatic heterocycles. The Balaban J connectivity index is 1.95. The highest BCUT2D eigenvalue weighted by Crippen LogP contribution is 2.54. The topological polar surface area (TPSA) is 0 Å². The lowest BCUT2D eigenvalue weighted by atomic mass is 9.70. The minimum Gasteiger partial charge on any atom is -0.207 e. The van der Waals surface area contributed by atoms with Gasteiger partial charge in [0.2, 0.25) is 0 Å². The predicted molar refractivity (Wildman–Crippen MR) is 140 cm³/mol. The Morgan fingerprint density at radius 1 is 0.697 bits per heavy atom. The smallest absolute Gasteiger partial charge is 0.133 e. The van der Waals surface area contributed by atoms with Gasteiger partial charge in [-0.25, -0.2) is 8.78 Å². The second-order valence-corrected chi connectivity index (χ2v) is 15.8. The normalized spacial score (nSPS) is 14.3. The van der Waals surface area contributed by atoms with Crippen LogP contribution >= 0.6 is 0 Å². The van der Waals surface area contributed by atoms with Crippen LogP contribution in [0, 0.1) is 11.6 Å². The van der Waals surface area contributed by atoms with Crippen LogP contribution in [0.4, 0.5) is 8.78 Å². The van der Waals surface area contributed by atoms with Gasteiger partial charge in [0.15, 0.2) is 0 Å². The molecule has 0 aliphatic heterocycles. The van der Waals surface area contributed by atoms with Crippen LogP contribution in [0.2, 0.25) is 19.6 Å². The number of unbranched alkanes of at least 4 members (excludes halogenated alkanes) is 2. The maximum atomic E-state index is 14.7. The van der Waals surface area contributed by atoms with Gasteiger partial charge in [0.25, 0.3) is 0 Å². The molecule has 4 rings (SSSR count). The van der Waals surface area contributed by atoms with Crippen LogP contribution in [-0.4, -0.2) is 8.07 Å². The second kappa shape index (κ2) is 9.17. The summed E-state index contributed by atoms with van der Waals surface area (Å²) in [6.07, 6.45) is 6.84. The van der Waals surface area contributed by atoms with Crippen molar-refractivity contribution in [3.05, 3.63) is 77.4 Å². The van der Waals surface area contributed by atoms with E-state index in [4.69, 9.17) is 0 Å². The van der Waals surface area contributed by atoms with Gasteiger partial charge in [-0.2, -0.15) is 0 Å². The molecule has 0 radical (unpaired) electrons. The first kappa shape index (κ1) is 23.9. The van der Waals surface area contributed by atoms with Crippen molar-refractivity contribution in [3.8, 4) is 22.3 Å². The highest BCUT2D eigenvalue weighted by Gasteiger charge is 2.42. The molecule has 0 amide bonds. The van der Waals surface area contributed by atoms with Crippen molar-refractivity contribution in [3.63, 3.8) is 0 Å². The van der Waals surface area contributed by atoms with Crippen molar-refractivity contribution in [1.82, 2.24) is 0 Å². The monoisotopic (exact) mass is 462 g/mol. The molecule has 174 valence electrons. The molecule has 3 aromatic carbocycles. The molecule has 3 heteroatoms. The SMILES string of the molecule is CCCCC1(CCCC)c2cc(-c3ccc(F)cc3F)ccc2-c2ccc([Si](C)(C)C)cc21. The Labute approximate surface area is 199 Å². The third-order valence-corrected chi connectivity index (χ3v) is 9.43. The molecule has 0 saturated heterocycles. The Bertz CT molecular complexity index is 1150. The predicted octanol–water partition coefficient (Wildman–Crippen LogP) is 8.82. The summed E-state index contributed by atoms with van der Waals surface area (Å²) in [5.41, 5.74) is 6.68. The molecule has 0 atom stereocenters. The number of hydrogen-bond donors (Lipinski definition) is 0. The number of fused-ring (bicyclic) bond motifs is 3. The van der Waals surface area contributed by atoms with E-state index in [0.717, 1.165) is 50.2 Å². The molecule has 1 aliphatic carbocycles. The van der Waals surface area contributed by atoms with Crippen LogP contribution in [0.1, 0.15) is 63.5 Å². The van der Waals surface area contributed by atoms with Crippen molar-refractivity contribution >= 4 is 13.3 Å². The molecule has 0 fully saturated rings. The molecule has 0 spiro atoms. The Hall–Kier alpha value is -2.26. The Morgan fingerprint density at radius 2 is 1.27 bits per heavy atom. The third kappa shape index (κ3) is 4.32. The van der Waals surface area contributed by atoms with Crippen molar-refractivity contribution < 1.29 is 8.78 Å². The molecule has 0 saturated carbocycles. The standard InChI is InChI=1S/C30H36F2Si/c1-6-8-16-30(17-9-7-2)27-18-21(24-14-11-22(31)19-29(24)32)10-13-25(27)26-15-12-23(20-28(26)30)33(3,4)5/h10-15,18-20H,6-9,16-17H2,1-5H3. The summed E-state index contributed by atoms with van der Waals surface area (Å²) < 4.78 is 28.3. The van der Waals surface area contributed by atoms with E-state index >= 15 is 0 Å². The summed E-state index contributed by atoms with van der Waals surface area (Å²) in [6, 6.07) is 17.4. The molecule has 0 unspecified atom stereocenters. The number of hydrogen-bond acceptors (Lipinski definition) is 0. The fourth-order valence-electron chi connectivity index (χ4n) is 5.47. The van der Waals surface area contributed by atoms with Crippen LogP contribution in [0.5, 0.6) is 0 Å². The zero-order chi connectivity index (χ0) is 23.8. The summed E-state index contributed by atoms with van der Waals surface area (Å²) in [6.45, 7) is 11.7. The van der Waals surface area contributed by atoms with Gasteiger partial charge in [0.05, 0.1) is 8.07 Å². The summed E-state index contributed by atoms with van der Waals surface area (Å²) >= 11 is 0. The molecule has 0 N–H and O–H groups in total. The molecule has 33 heavy (non-hydrogen) atoms. The Kier molecular flexibility index (Phi) is 6.64. The molecular weight excluding hydrogens is 426 g/mol. The van der Waals surface area contributed by atoms with E-state index < -0.39 is 19.7 Å². The molecule has 0 bridgehead atoms. The molecule has 1 aliphatic rings. The molecular formula is C30H36F2Si. The zero-order valence-corrected chi connectivity index (χ0v) is 21.7. The van der Waals surface area contributed by atoms with Gasteiger partial charge in [0.1, 0.15) is 11.6 Å². The fourth-order valence-corrected chi connectivity index (χ4v) is 6.63. The van der Waals surface area contributed by atoms with E-state index in [1.807, 2.05) is 6.07 Å². The van der Waals surface area contributed by atoms with E-state index in [9.17, 15) is 8.78 Å². The minimum atomic E-state index is -1.47. The first-order valence-corrected chi connectivity index (χ1v) is 16.0. The number of halogens is 2. The highest BCUT2D eigenvalue weighted by molar-refractivity contribution is 6.88. The van der Waals surface area contributed by atoms with E-state index in [1.165, 1.54) is 33.5 Å². The van der Waals surface area contributed by atoms with Crippen LogP contribution in [0.3, 0.4) is 0 Å². The van der Waals surface area contributed by atoms with E-state index in [0.29, 0.717) is 5.56 Å². The zero-order valence-electron chi connectivity index (χ0n) is 20.7. The van der Waals surface area contributed by atoms with Crippen LogP contribution < -0.4 is 5.19 Å². The van der Waals surface area contributed by atoms with E-state index in [2.05, 4.69) is 63.8 Å². The van der Waals surface area contributed by atoms with Gasteiger partial charge in [-0.1, -0.05) is 94.7 Å².